The minimum atomic E-state index is -1.10. The molecule has 10 heteroatoms. The van der Waals surface area contributed by atoms with E-state index >= 15 is 0 Å². The smallest absolute Gasteiger partial charge is 0.340 e. The summed E-state index contributed by atoms with van der Waals surface area (Å²) < 4.78 is 5.32. The van der Waals surface area contributed by atoms with Gasteiger partial charge in [0.05, 0.1) is 12.7 Å². The van der Waals surface area contributed by atoms with Crippen LogP contribution in [0, 0.1) is 0 Å². The summed E-state index contributed by atoms with van der Waals surface area (Å²) in [6, 6.07) is -0.681. The van der Waals surface area contributed by atoms with E-state index in [9.17, 15) is 14.7 Å². The molecule has 4 atom stereocenters. The average Bonchev–Trinajstić information content (AvgIpc) is 2.80. The van der Waals surface area contributed by atoms with Gasteiger partial charge in [-0.25, -0.2) is 9.79 Å². The van der Waals surface area contributed by atoms with Crippen LogP contribution in [0.2, 0.25) is 0 Å². The van der Waals surface area contributed by atoms with E-state index in [1.54, 1.807) is 0 Å². The Bertz CT molecular complexity index is 423. The van der Waals surface area contributed by atoms with E-state index in [1.807, 2.05) is 0 Å². The summed E-state index contributed by atoms with van der Waals surface area (Å²) in [5.41, 5.74) is 10.5. The highest BCUT2D eigenvalue weighted by Crippen LogP contribution is 2.25. The number of rotatable bonds is 3. The van der Waals surface area contributed by atoms with E-state index in [4.69, 9.17) is 21.3 Å². The lowest BCUT2D eigenvalue weighted by molar-refractivity contribution is -0.515. The number of nitrogens with one attached hydrogen (secondary N) is 2. The average molecular weight is 274 g/mol. The van der Waals surface area contributed by atoms with E-state index in [-0.39, 0.29) is 19.0 Å². The number of amides is 3. The normalized spacial score (nSPS) is 34.5. The van der Waals surface area contributed by atoms with Gasteiger partial charge in [0.25, 0.3) is 5.91 Å². The first-order valence-corrected chi connectivity index (χ1v) is 5.66. The van der Waals surface area contributed by atoms with Crippen LogP contribution in [-0.2, 0) is 9.53 Å². The molecule has 0 aromatic heterocycles. The van der Waals surface area contributed by atoms with Crippen molar-refractivity contribution in [3.63, 3.8) is 0 Å². The number of aliphatic hydroxyl groups excluding tert-OH is 2. The molecule has 2 saturated heterocycles. The van der Waals surface area contributed by atoms with Crippen molar-refractivity contribution in [3.8, 4) is 0 Å². The second kappa shape index (κ2) is 4.99. The lowest BCUT2D eigenvalue weighted by Gasteiger charge is -2.24. The number of aliphatic hydroxyl groups is 2. The van der Waals surface area contributed by atoms with Gasteiger partial charge in [0.2, 0.25) is 6.17 Å². The molecule has 0 spiro atoms. The first-order chi connectivity index (χ1) is 8.93. The fraction of sp³-hybridized carbons (Fsp3) is 0.667. The number of guanidine groups is 1. The number of urea groups is 1. The highest BCUT2D eigenvalue weighted by Gasteiger charge is 2.48. The second-order valence-corrected chi connectivity index (χ2v) is 4.32. The quantitative estimate of drug-likeness (QED) is 0.170. The molecule has 0 aromatic carbocycles. The molecular weight excluding hydrogens is 258 g/mol. The molecule has 2 aliphatic rings. The Morgan fingerprint density at radius 3 is 2.74 bits per heavy atom. The Morgan fingerprint density at radius 2 is 2.21 bits per heavy atom. The monoisotopic (exact) mass is 274 g/mol. The number of imide groups is 1. The Labute approximate surface area is 108 Å². The Balaban J connectivity index is 2.19. The molecule has 19 heavy (non-hydrogen) atoms. The molecule has 2 rings (SSSR count). The summed E-state index contributed by atoms with van der Waals surface area (Å²) in [6.07, 6.45) is -3.59. The largest absolute Gasteiger partial charge is 0.394 e. The number of ether oxygens (including phenoxy) is 1. The van der Waals surface area contributed by atoms with Crippen LogP contribution in [0.4, 0.5) is 4.79 Å². The number of nitrogens with two attached hydrogens (primary N) is 2. The number of hydrogen-bond donors (Lipinski definition) is 6. The summed E-state index contributed by atoms with van der Waals surface area (Å²) in [4.78, 5) is 26.8. The highest BCUT2D eigenvalue weighted by molar-refractivity contribution is 6.03. The van der Waals surface area contributed by atoms with Crippen molar-refractivity contribution in [2.45, 2.75) is 31.0 Å². The molecule has 106 valence electrons. The molecule has 2 aliphatic heterocycles. The highest BCUT2D eigenvalue weighted by atomic mass is 16.5. The van der Waals surface area contributed by atoms with Crippen LogP contribution in [0.5, 0.6) is 0 Å². The van der Waals surface area contributed by atoms with Gasteiger partial charge in [-0.15, -0.1) is 0 Å². The molecule has 0 saturated carbocycles. The SMILES string of the molecule is NC(N)=[NH+]C1C(=O)NC(=O)N1[C@H]1C[C@H](O)[C@@H](CO)O1. The van der Waals surface area contributed by atoms with Gasteiger partial charge in [0.15, 0.2) is 0 Å². The minimum Gasteiger partial charge on any atom is -0.394 e. The van der Waals surface area contributed by atoms with Gasteiger partial charge >= 0.3 is 12.0 Å². The zero-order chi connectivity index (χ0) is 14.2. The summed E-state index contributed by atoms with van der Waals surface area (Å²) >= 11 is 0. The third-order valence-corrected chi connectivity index (χ3v) is 2.99. The topological polar surface area (TPSA) is 165 Å². The second-order valence-electron chi connectivity index (χ2n) is 4.32. The van der Waals surface area contributed by atoms with Gasteiger partial charge in [0, 0.05) is 6.42 Å². The molecule has 1 unspecified atom stereocenters. The molecule has 8 N–H and O–H groups in total. The van der Waals surface area contributed by atoms with Gasteiger partial charge in [-0.05, 0) is 0 Å². The van der Waals surface area contributed by atoms with Gasteiger partial charge in [-0.3, -0.25) is 26.5 Å². The van der Waals surface area contributed by atoms with Crippen molar-refractivity contribution in [1.29, 1.82) is 0 Å². The van der Waals surface area contributed by atoms with Crippen LogP contribution in [0.3, 0.4) is 0 Å². The van der Waals surface area contributed by atoms with Crippen molar-refractivity contribution in [2.75, 3.05) is 6.61 Å². The van der Waals surface area contributed by atoms with Crippen molar-refractivity contribution in [2.24, 2.45) is 11.5 Å². The maximum atomic E-state index is 11.7. The summed E-state index contributed by atoms with van der Waals surface area (Å²) in [7, 11) is 0. The van der Waals surface area contributed by atoms with Gasteiger partial charge < -0.3 is 14.9 Å². The predicted molar refractivity (Wildman–Crippen MR) is 59.9 cm³/mol. The molecule has 2 heterocycles. The first kappa shape index (κ1) is 13.5. The molecule has 0 aliphatic carbocycles. The van der Waals surface area contributed by atoms with E-state index in [1.165, 1.54) is 0 Å². The fourth-order valence-corrected chi connectivity index (χ4v) is 2.12. The van der Waals surface area contributed by atoms with Crippen LogP contribution in [0.15, 0.2) is 0 Å². The van der Waals surface area contributed by atoms with E-state index in [0.717, 1.165) is 4.90 Å². The molecule has 0 radical (unpaired) electrons. The number of carbonyl (C=O) groups is 2. The summed E-state index contributed by atoms with van der Waals surface area (Å²) in [6.45, 7) is -0.385. The standard InChI is InChI=1S/C9H15N5O5/c10-8(11)12-6-7(17)13-9(18)14(6)5-1-3(16)4(2-15)19-5/h3-6,15-16H,1-2H2,(H4,10,11,12)(H,13,17,18)/p+1/t3-,4+,5+,6?/m0/s1. The minimum absolute atomic E-state index is 0.0780. The molecule has 0 aromatic rings. The van der Waals surface area contributed by atoms with Crippen LogP contribution < -0.4 is 21.8 Å². The summed E-state index contributed by atoms with van der Waals surface area (Å²) in [5.74, 6) is -0.846. The van der Waals surface area contributed by atoms with Crippen LogP contribution >= 0.6 is 0 Å². The van der Waals surface area contributed by atoms with Crippen LogP contribution in [0.1, 0.15) is 6.42 Å². The third-order valence-electron chi connectivity index (χ3n) is 2.99. The number of nitrogens with zero attached hydrogens (tertiary/aromatic N) is 1. The Kier molecular flexibility index (Phi) is 3.55. The fourth-order valence-electron chi connectivity index (χ4n) is 2.12. The Morgan fingerprint density at radius 1 is 1.53 bits per heavy atom. The van der Waals surface area contributed by atoms with Gasteiger partial charge in [0.1, 0.15) is 12.3 Å². The van der Waals surface area contributed by atoms with E-state index in [0.29, 0.717) is 0 Å². The molecule has 3 amide bonds. The van der Waals surface area contributed by atoms with Crippen molar-refractivity contribution >= 4 is 17.9 Å². The molecule has 0 bridgehead atoms. The molecule has 10 nitrogen and oxygen atoms in total. The third kappa shape index (κ3) is 2.45. The first-order valence-electron chi connectivity index (χ1n) is 5.66. The zero-order valence-corrected chi connectivity index (χ0v) is 9.94. The van der Waals surface area contributed by atoms with Gasteiger partial charge in [-0.1, -0.05) is 0 Å². The van der Waals surface area contributed by atoms with Crippen molar-refractivity contribution in [1.82, 2.24) is 10.2 Å². The molecule has 2 fully saturated rings. The van der Waals surface area contributed by atoms with Crippen molar-refractivity contribution in [3.05, 3.63) is 0 Å². The Hall–Kier alpha value is -1.91. The lowest BCUT2D eigenvalue weighted by Crippen LogP contribution is -2.89. The van der Waals surface area contributed by atoms with E-state index < -0.39 is 36.5 Å². The maximum absolute atomic E-state index is 11.7. The van der Waals surface area contributed by atoms with Crippen LogP contribution in [0.25, 0.3) is 0 Å². The van der Waals surface area contributed by atoms with Crippen LogP contribution in [-0.4, -0.2) is 64.2 Å². The van der Waals surface area contributed by atoms with Gasteiger partial charge in [-0.2, -0.15) is 0 Å². The lowest BCUT2D eigenvalue weighted by atomic mass is 10.2. The van der Waals surface area contributed by atoms with Crippen molar-refractivity contribution < 1.29 is 29.5 Å². The van der Waals surface area contributed by atoms with E-state index in [2.05, 4.69) is 10.3 Å². The summed E-state index contributed by atoms with van der Waals surface area (Å²) in [5, 5.41) is 20.7. The predicted octanol–water partition coefficient (Wildman–Crippen LogP) is -5.31. The number of carbonyl (C=O) groups excluding carboxylic acids is 2. The number of hydrogen-bond acceptors (Lipinski definition) is 5. The zero-order valence-electron chi connectivity index (χ0n) is 9.94. The maximum Gasteiger partial charge on any atom is 0.340 e. The molecular formula is C9H16N5O5+.